The van der Waals surface area contributed by atoms with Crippen LogP contribution in [-0.2, 0) is 0 Å². The van der Waals surface area contributed by atoms with Crippen LogP contribution in [-0.4, -0.2) is 36.2 Å². The number of aliphatic hydroxyl groups excluding tert-OH is 1. The Bertz CT molecular complexity index is 291. The fraction of sp³-hybridized carbons (Fsp3) is 0.500. The van der Waals surface area contributed by atoms with Gasteiger partial charge in [0.05, 0.1) is 6.10 Å². The fourth-order valence-corrected chi connectivity index (χ4v) is 2.13. The maximum atomic E-state index is 9.91. The van der Waals surface area contributed by atoms with E-state index in [-0.39, 0.29) is 24.4 Å². The molecule has 15 heavy (non-hydrogen) atoms. The number of hydrogen-bond donors (Lipinski definition) is 1. The molecule has 2 rings (SSSR count). The number of nitrogens with zero attached hydrogens (tertiary/aromatic N) is 1. The molecular weight excluding hydrogens is 210 g/mol. The predicted octanol–water partition coefficient (Wildman–Crippen LogP) is 1.89. The van der Waals surface area contributed by atoms with Crippen molar-refractivity contribution in [2.75, 3.05) is 20.1 Å². The average molecular weight is 228 g/mol. The molecule has 0 unspecified atom stereocenters. The average Bonchev–Trinajstić information content (AvgIpc) is 2.23. The Morgan fingerprint density at radius 1 is 1.27 bits per heavy atom. The standard InChI is InChI=1S/C12H17NO.ClH/c1-13-8-7-12(14)11(9-13)10-5-3-2-4-6-10;/h2-6,11-12,14H,7-9H2,1H3;1H/t11-,12+;/m0./s1. The van der Waals surface area contributed by atoms with Gasteiger partial charge in [-0.25, -0.2) is 0 Å². The summed E-state index contributed by atoms with van der Waals surface area (Å²) in [6, 6.07) is 10.3. The number of likely N-dealkylation sites (tertiary alicyclic amines) is 1. The van der Waals surface area contributed by atoms with E-state index in [0.29, 0.717) is 0 Å². The normalized spacial score (nSPS) is 27.1. The lowest BCUT2D eigenvalue weighted by Gasteiger charge is -2.34. The predicted molar refractivity (Wildman–Crippen MR) is 64.6 cm³/mol. The van der Waals surface area contributed by atoms with Crippen molar-refractivity contribution in [2.45, 2.75) is 18.4 Å². The van der Waals surface area contributed by atoms with Crippen LogP contribution in [0.2, 0.25) is 0 Å². The van der Waals surface area contributed by atoms with Crippen molar-refractivity contribution in [1.82, 2.24) is 4.90 Å². The van der Waals surface area contributed by atoms with E-state index < -0.39 is 0 Å². The van der Waals surface area contributed by atoms with Crippen LogP contribution < -0.4 is 0 Å². The number of halogens is 1. The largest absolute Gasteiger partial charge is 0.392 e. The molecule has 0 radical (unpaired) electrons. The molecule has 1 N–H and O–H groups in total. The maximum absolute atomic E-state index is 9.91. The van der Waals surface area contributed by atoms with Crippen LogP contribution in [0.1, 0.15) is 17.9 Å². The van der Waals surface area contributed by atoms with Crippen molar-refractivity contribution in [3.8, 4) is 0 Å². The number of aliphatic hydroxyl groups is 1. The first kappa shape index (κ1) is 12.5. The quantitative estimate of drug-likeness (QED) is 0.792. The lowest BCUT2D eigenvalue weighted by Crippen LogP contribution is -2.39. The highest BCUT2D eigenvalue weighted by atomic mass is 35.5. The van der Waals surface area contributed by atoms with E-state index in [2.05, 4.69) is 24.1 Å². The minimum atomic E-state index is -0.173. The molecule has 0 bridgehead atoms. The Kier molecular flexibility index (Phi) is 4.58. The molecule has 0 amide bonds. The molecule has 1 saturated heterocycles. The highest BCUT2D eigenvalue weighted by molar-refractivity contribution is 5.85. The lowest BCUT2D eigenvalue weighted by molar-refractivity contribution is 0.0709. The van der Waals surface area contributed by atoms with E-state index in [1.54, 1.807) is 0 Å². The summed E-state index contributed by atoms with van der Waals surface area (Å²) < 4.78 is 0. The highest BCUT2D eigenvalue weighted by Gasteiger charge is 2.26. The Labute approximate surface area is 97.3 Å². The van der Waals surface area contributed by atoms with Gasteiger partial charge in [-0.05, 0) is 19.0 Å². The van der Waals surface area contributed by atoms with Crippen molar-refractivity contribution in [1.29, 1.82) is 0 Å². The summed E-state index contributed by atoms with van der Waals surface area (Å²) in [6.07, 6.45) is 0.712. The van der Waals surface area contributed by atoms with E-state index in [0.717, 1.165) is 19.5 Å². The zero-order valence-corrected chi connectivity index (χ0v) is 9.78. The Hall–Kier alpha value is -0.570. The van der Waals surface area contributed by atoms with E-state index in [1.165, 1.54) is 5.56 Å². The molecule has 1 fully saturated rings. The lowest BCUT2D eigenvalue weighted by atomic mass is 9.88. The van der Waals surface area contributed by atoms with Gasteiger partial charge < -0.3 is 10.0 Å². The molecule has 1 aromatic carbocycles. The third-order valence-corrected chi connectivity index (χ3v) is 3.01. The highest BCUT2D eigenvalue weighted by Crippen LogP contribution is 2.26. The first-order valence-corrected chi connectivity index (χ1v) is 5.19. The SMILES string of the molecule is CN1CC[C@@H](O)[C@H](c2ccccc2)C1.Cl. The van der Waals surface area contributed by atoms with Gasteiger partial charge in [0.2, 0.25) is 0 Å². The van der Waals surface area contributed by atoms with Crippen LogP contribution in [0, 0.1) is 0 Å². The van der Waals surface area contributed by atoms with Gasteiger partial charge in [-0.2, -0.15) is 0 Å². The van der Waals surface area contributed by atoms with E-state index in [4.69, 9.17) is 0 Å². The minimum absolute atomic E-state index is 0. The molecular formula is C12H18ClNO. The molecule has 84 valence electrons. The zero-order chi connectivity index (χ0) is 9.97. The number of hydrogen-bond acceptors (Lipinski definition) is 2. The first-order chi connectivity index (χ1) is 6.77. The van der Waals surface area contributed by atoms with Gasteiger partial charge in [-0.1, -0.05) is 30.3 Å². The van der Waals surface area contributed by atoms with Crippen LogP contribution in [0.3, 0.4) is 0 Å². The third kappa shape index (κ3) is 2.94. The van der Waals surface area contributed by atoms with E-state index >= 15 is 0 Å². The maximum Gasteiger partial charge on any atom is 0.0633 e. The molecule has 3 heteroatoms. The Morgan fingerprint density at radius 2 is 1.93 bits per heavy atom. The monoisotopic (exact) mass is 227 g/mol. The van der Waals surface area contributed by atoms with Gasteiger partial charge in [0, 0.05) is 19.0 Å². The third-order valence-electron chi connectivity index (χ3n) is 3.01. The van der Waals surface area contributed by atoms with Crippen molar-refractivity contribution < 1.29 is 5.11 Å². The summed E-state index contributed by atoms with van der Waals surface area (Å²) >= 11 is 0. The first-order valence-electron chi connectivity index (χ1n) is 5.19. The number of piperidine rings is 1. The zero-order valence-electron chi connectivity index (χ0n) is 8.97. The van der Waals surface area contributed by atoms with E-state index in [1.807, 2.05) is 18.2 Å². The van der Waals surface area contributed by atoms with Crippen LogP contribution in [0.25, 0.3) is 0 Å². The fourth-order valence-electron chi connectivity index (χ4n) is 2.13. The van der Waals surface area contributed by atoms with E-state index in [9.17, 15) is 5.11 Å². The second-order valence-electron chi connectivity index (χ2n) is 4.14. The summed E-state index contributed by atoms with van der Waals surface area (Å²) in [6.45, 7) is 1.97. The second-order valence-corrected chi connectivity index (χ2v) is 4.14. The molecule has 1 aliphatic heterocycles. The number of benzene rings is 1. The van der Waals surface area contributed by atoms with Crippen molar-refractivity contribution in [2.24, 2.45) is 0 Å². The molecule has 2 nitrogen and oxygen atoms in total. The van der Waals surface area contributed by atoms with Crippen LogP contribution in [0.15, 0.2) is 30.3 Å². The Morgan fingerprint density at radius 3 is 2.60 bits per heavy atom. The van der Waals surface area contributed by atoms with Crippen LogP contribution in [0.4, 0.5) is 0 Å². The molecule has 1 aromatic rings. The Balaban J connectivity index is 0.00000112. The second kappa shape index (κ2) is 5.50. The van der Waals surface area contributed by atoms with Gasteiger partial charge >= 0.3 is 0 Å². The molecule has 0 aromatic heterocycles. The molecule has 1 aliphatic rings. The number of rotatable bonds is 1. The van der Waals surface area contributed by atoms with Crippen LogP contribution in [0.5, 0.6) is 0 Å². The van der Waals surface area contributed by atoms with Gasteiger partial charge in [0.1, 0.15) is 0 Å². The molecule has 0 spiro atoms. The van der Waals surface area contributed by atoms with Gasteiger partial charge in [0.25, 0.3) is 0 Å². The van der Waals surface area contributed by atoms with Crippen LogP contribution >= 0.6 is 12.4 Å². The van der Waals surface area contributed by atoms with Gasteiger partial charge in [0.15, 0.2) is 0 Å². The van der Waals surface area contributed by atoms with Gasteiger partial charge in [-0.3, -0.25) is 0 Å². The smallest absolute Gasteiger partial charge is 0.0633 e. The topological polar surface area (TPSA) is 23.5 Å². The van der Waals surface area contributed by atoms with Crippen molar-refractivity contribution in [3.63, 3.8) is 0 Å². The number of likely N-dealkylation sites (N-methyl/N-ethyl adjacent to an activating group) is 1. The summed E-state index contributed by atoms with van der Waals surface area (Å²) in [5, 5.41) is 9.91. The molecule has 1 heterocycles. The summed E-state index contributed by atoms with van der Waals surface area (Å²) in [4.78, 5) is 2.28. The molecule has 0 aliphatic carbocycles. The summed E-state index contributed by atoms with van der Waals surface area (Å²) in [5.41, 5.74) is 1.26. The molecule has 0 saturated carbocycles. The van der Waals surface area contributed by atoms with Gasteiger partial charge in [-0.15, -0.1) is 12.4 Å². The van der Waals surface area contributed by atoms with Crippen molar-refractivity contribution >= 4 is 12.4 Å². The summed E-state index contributed by atoms with van der Waals surface area (Å²) in [7, 11) is 2.11. The molecule has 2 atom stereocenters. The minimum Gasteiger partial charge on any atom is -0.392 e. The summed E-state index contributed by atoms with van der Waals surface area (Å²) in [5.74, 6) is 0.287. The van der Waals surface area contributed by atoms with Crippen molar-refractivity contribution in [3.05, 3.63) is 35.9 Å².